The molecule has 0 aliphatic carbocycles. The lowest BCUT2D eigenvalue weighted by molar-refractivity contribution is -0.118. The van der Waals surface area contributed by atoms with Crippen LogP contribution in [0, 0.1) is 17.7 Å². The fourth-order valence-corrected chi connectivity index (χ4v) is 1.25. The first-order valence-corrected chi connectivity index (χ1v) is 5.26. The maximum Gasteiger partial charge on any atom is 0.335 e. The quantitative estimate of drug-likeness (QED) is 0.628. The highest BCUT2D eigenvalue weighted by atomic mass is 19.1. The first-order chi connectivity index (χ1) is 8.49. The fraction of sp³-hybridized carbons (Fsp3) is 0.231. The number of rotatable bonds is 3. The Labute approximate surface area is 104 Å². The molecule has 1 aromatic carbocycles. The van der Waals surface area contributed by atoms with E-state index in [9.17, 15) is 14.0 Å². The zero-order valence-corrected chi connectivity index (χ0v) is 9.79. The molecule has 0 heterocycles. The van der Waals surface area contributed by atoms with Gasteiger partial charge in [-0.25, -0.2) is 9.18 Å². The summed E-state index contributed by atoms with van der Waals surface area (Å²) in [7, 11) is 0. The largest absolute Gasteiger partial charge is 0.478 e. The van der Waals surface area contributed by atoms with E-state index in [1.165, 1.54) is 13.0 Å². The fourth-order valence-electron chi connectivity index (χ4n) is 1.25. The minimum atomic E-state index is -1.20. The van der Waals surface area contributed by atoms with Crippen molar-refractivity contribution < 1.29 is 19.1 Å². The number of amides is 1. The van der Waals surface area contributed by atoms with Crippen LogP contribution in [0.25, 0.3) is 0 Å². The summed E-state index contributed by atoms with van der Waals surface area (Å²) in [5.41, 5.74) is 0.163. The van der Waals surface area contributed by atoms with Gasteiger partial charge in [0.15, 0.2) is 0 Å². The molecule has 0 unspecified atom stereocenters. The lowest BCUT2D eigenvalue weighted by atomic mass is 10.1. The molecule has 0 radical (unpaired) electrons. The predicted octanol–water partition coefficient (Wildman–Crippen LogP) is 1.40. The third kappa shape index (κ3) is 4.66. The molecule has 0 spiro atoms. The number of carboxylic acids is 1. The van der Waals surface area contributed by atoms with Gasteiger partial charge in [-0.05, 0) is 18.2 Å². The van der Waals surface area contributed by atoms with Crippen LogP contribution in [0.2, 0.25) is 0 Å². The van der Waals surface area contributed by atoms with E-state index in [0.29, 0.717) is 18.5 Å². The highest BCUT2D eigenvalue weighted by molar-refractivity contribution is 5.88. The molecule has 0 saturated carbocycles. The average Bonchev–Trinajstić information content (AvgIpc) is 2.27. The van der Waals surface area contributed by atoms with E-state index in [1.54, 1.807) is 0 Å². The number of carbonyl (C=O) groups is 2. The number of hydrogen-bond donors (Lipinski definition) is 2. The minimum absolute atomic E-state index is 0.138. The first kappa shape index (κ1) is 13.7. The van der Waals surface area contributed by atoms with E-state index >= 15 is 0 Å². The number of benzene rings is 1. The van der Waals surface area contributed by atoms with Crippen molar-refractivity contribution in [1.82, 2.24) is 5.32 Å². The third-order valence-corrected chi connectivity index (χ3v) is 2.00. The number of halogens is 1. The molecule has 1 rings (SSSR count). The normalized spacial score (nSPS) is 9.22. The average molecular weight is 249 g/mol. The van der Waals surface area contributed by atoms with E-state index in [2.05, 4.69) is 17.2 Å². The van der Waals surface area contributed by atoms with Crippen molar-refractivity contribution in [2.45, 2.75) is 13.3 Å². The maximum absolute atomic E-state index is 13.1. The molecule has 2 N–H and O–H groups in total. The SMILES string of the molecule is CC(=O)NCCC#Cc1cc(F)cc(C(=O)O)c1. The lowest BCUT2D eigenvalue weighted by Crippen LogP contribution is -2.20. The Morgan fingerprint density at radius 1 is 1.39 bits per heavy atom. The van der Waals surface area contributed by atoms with Crippen LogP contribution in [0.4, 0.5) is 4.39 Å². The Morgan fingerprint density at radius 3 is 2.72 bits per heavy atom. The Bertz CT molecular complexity index is 529. The van der Waals surface area contributed by atoms with Crippen molar-refractivity contribution in [3.05, 3.63) is 35.1 Å². The molecule has 94 valence electrons. The van der Waals surface area contributed by atoms with Gasteiger partial charge in [0.2, 0.25) is 5.91 Å². The first-order valence-electron chi connectivity index (χ1n) is 5.26. The predicted molar refractivity (Wildman–Crippen MR) is 63.5 cm³/mol. The van der Waals surface area contributed by atoms with Crippen molar-refractivity contribution in [1.29, 1.82) is 0 Å². The highest BCUT2D eigenvalue weighted by Crippen LogP contribution is 2.08. The van der Waals surface area contributed by atoms with Crippen LogP contribution in [0.15, 0.2) is 18.2 Å². The minimum Gasteiger partial charge on any atom is -0.478 e. The third-order valence-electron chi connectivity index (χ3n) is 2.00. The van der Waals surface area contributed by atoms with Gasteiger partial charge in [-0.15, -0.1) is 0 Å². The zero-order valence-electron chi connectivity index (χ0n) is 9.79. The smallest absolute Gasteiger partial charge is 0.335 e. The monoisotopic (exact) mass is 249 g/mol. The Balaban J connectivity index is 2.70. The molecule has 0 aliphatic heterocycles. The summed E-state index contributed by atoms with van der Waals surface area (Å²) in [6.07, 6.45) is 0.415. The van der Waals surface area contributed by atoms with E-state index in [4.69, 9.17) is 5.11 Å². The van der Waals surface area contributed by atoms with E-state index in [-0.39, 0.29) is 11.5 Å². The summed E-state index contributed by atoms with van der Waals surface area (Å²) >= 11 is 0. The van der Waals surface area contributed by atoms with Gasteiger partial charge < -0.3 is 10.4 Å². The highest BCUT2D eigenvalue weighted by Gasteiger charge is 2.05. The van der Waals surface area contributed by atoms with Crippen LogP contribution in [0.1, 0.15) is 29.3 Å². The topological polar surface area (TPSA) is 66.4 Å². The lowest BCUT2D eigenvalue weighted by Gasteiger charge is -1.97. The molecule has 0 saturated heterocycles. The van der Waals surface area contributed by atoms with E-state index in [1.807, 2.05) is 0 Å². The molecular formula is C13H12FNO3. The molecule has 1 amide bonds. The van der Waals surface area contributed by atoms with Crippen molar-refractivity contribution in [2.75, 3.05) is 6.54 Å². The molecule has 0 aliphatic rings. The van der Waals surface area contributed by atoms with E-state index in [0.717, 1.165) is 12.1 Å². The van der Waals surface area contributed by atoms with Crippen LogP contribution >= 0.6 is 0 Å². The van der Waals surface area contributed by atoms with Gasteiger partial charge in [-0.1, -0.05) is 11.8 Å². The summed E-state index contributed by atoms with van der Waals surface area (Å²) < 4.78 is 13.1. The van der Waals surface area contributed by atoms with Crippen LogP contribution in [0.3, 0.4) is 0 Å². The molecule has 0 bridgehead atoms. The van der Waals surface area contributed by atoms with Crippen molar-refractivity contribution >= 4 is 11.9 Å². The summed E-state index contributed by atoms with van der Waals surface area (Å²) in [5.74, 6) is 3.40. The second-order valence-electron chi connectivity index (χ2n) is 3.57. The summed E-state index contributed by atoms with van der Waals surface area (Å²) in [6, 6.07) is 3.40. The Kier molecular flexibility index (Phi) is 4.88. The van der Waals surface area contributed by atoms with Gasteiger partial charge in [-0.2, -0.15) is 0 Å². The summed E-state index contributed by atoms with van der Waals surface area (Å²) in [5, 5.41) is 11.3. The van der Waals surface area contributed by atoms with Gasteiger partial charge in [0.05, 0.1) is 5.56 Å². The van der Waals surface area contributed by atoms with Gasteiger partial charge >= 0.3 is 5.97 Å². The standard InChI is InChI=1S/C13H12FNO3/c1-9(16)15-5-3-2-4-10-6-11(13(17)18)8-12(14)7-10/h6-8H,3,5H2,1H3,(H,15,16)(H,17,18). The second-order valence-corrected chi connectivity index (χ2v) is 3.57. The number of carbonyl (C=O) groups excluding carboxylic acids is 1. The van der Waals surface area contributed by atoms with E-state index < -0.39 is 11.8 Å². The number of hydrogen-bond acceptors (Lipinski definition) is 2. The maximum atomic E-state index is 13.1. The number of nitrogens with one attached hydrogen (secondary N) is 1. The van der Waals surface area contributed by atoms with Crippen LogP contribution in [-0.2, 0) is 4.79 Å². The van der Waals surface area contributed by atoms with Gasteiger partial charge in [0.1, 0.15) is 5.82 Å². The molecule has 0 fully saturated rings. The Hall–Kier alpha value is -2.35. The Morgan fingerprint density at radius 2 is 2.11 bits per heavy atom. The van der Waals surface area contributed by atoms with Gasteiger partial charge in [0, 0.05) is 25.5 Å². The molecule has 5 heteroatoms. The molecule has 18 heavy (non-hydrogen) atoms. The molecule has 4 nitrogen and oxygen atoms in total. The van der Waals surface area contributed by atoms with Crippen molar-refractivity contribution in [3.8, 4) is 11.8 Å². The van der Waals surface area contributed by atoms with Crippen molar-refractivity contribution in [3.63, 3.8) is 0 Å². The number of aromatic carboxylic acids is 1. The van der Waals surface area contributed by atoms with Crippen LogP contribution in [0.5, 0.6) is 0 Å². The van der Waals surface area contributed by atoms with Crippen LogP contribution in [-0.4, -0.2) is 23.5 Å². The molecular weight excluding hydrogens is 237 g/mol. The zero-order chi connectivity index (χ0) is 13.5. The van der Waals surface area contributed by atoms with Crippen molar-refractivity contribution in [2.24, 2.45) is 0 Å². The van der Waals surface area contributed by atoms with Crippen LogP contribution < -0.4 is 5.32 Å². The van der Waals surface area contributed by atoms with Gasteiger partial charge in [0.25, 0.3) is 0 Å². The number of carboxylic acid groups (broad SMARTS) is 1. The molecule has 0 atom stereocenters. The molecule has 1 aromatic rings. The summed E-state index contributed by atoms with van der Waals surface area (Å²) in [6.45, 7) is 1.81. The van der Waals surface area contributed by atoms with Gasteiger partial charge in [-0.3, -0.25) is 4.79 Å². The second kappa shape index (κ2) is 6.40. The summed E-state index contributed by atoms with van der Waals surface area (Å²) in [4.78, 5) is 21.3. The molecule has 0 aromatic heterocycles.